The van der Waals surface area contributed by atoms with Crippen LogP contribution in [0.5, 0.6) is 5.75 Å². The summed E-state index contributed by atoms with van der Waals surface area (Å²) in [6.45, 7) is 8.75. The van der Waals surface area contributed by atoms with Crippen LogP contribution in [0.25, 0.3) is 0 Å². The topological polar surface area (TPSA) is 42.0 Å². The van der Waals surface area contributed by atoms with Gasteiger partial charge in [-0.3, -0.25) is 9.69 Å². The van der Waals surface area contributed by atoms with Crippen molar-refractivity contribution < 1.29 is 14.3 Å². The molecule has 1 atom stereocenters. The summed E-state index contributed by atoms with van der Waals surface area (Å²) in [5.74, 6) is 1.15. The molecule has 3 rings (SSSR count). The summed E-state index contributed by atoms with van der Waals surface area (Å²) in [4.78, 5) is 16.9. The van der Waals surface area contributed by atoms with Crippen molar-refractivity contribution in [3.05, 3.63) is 29.8 Å². The van der Waals surface area contributed by atoms with Gasteiger partial charge in [-0.1, -0.05) is 26.0 Å². The molecule has 0 aliphatic carbocycles. The summed E-state index contributed by atoms with van der Waals surface area (Å²) in [7, 11) is 0. The Labute approximate surface area is 144 Å². The van der Waals surface area contributed by atoms with Gasteiger partial charge in [0.2, 0.25) is 5.91 Å². The summed E-state index contributed by atoms with van der Waals surface area (Å²) in [6, 6.07) is 8.20. The molecule has 2 heterocycles. The summed E-state index contributed by atoms with van der Waals surface area (Å²) < 4.78 is 11.4. The van der Waals surface area contributed by atoms with Crippen molar-refractivity contribution in [2.75, 3.05) is 39.4 Å². The fourth-order valence-electron chi connectivity index (χ4n) is 3.41. The zero-order valence-electron chi connectivity index (χ0n) is 14.7. The molecule has 0 spiro atoms. The Kier molecular flexibility index (Phi) is 5.74. The van der Waals surface area contributed by atoms with E-state index in [2.05, 4.69) is 30.9 Å². The van der Waals surface area contributed by atoms with Crippen LogP contribution < -0.4 is 4.74 Å². The average Bonchev–Trinajstić information content (AvgIpc) is 2.59. The zero-order valence-corrected chi connectivity index (χ0v) is 14.7. The number of morpholine rings is 1. The second-order valence-electron chi connectivity index (χ2n) is 6.56. The van der Waals surface area contributed by atoms with Gasteiger partial charge in [0.05, 0.1) is 32.3 Å². The first kappa shape index (κ1) is 17.2. The number of hydrogen-bond acceptors (Lipinski definition) is 4. The van der Waals surface area contributed by atoms with E-state index in [1.807, 2.05) is 17.0 Å². The number of carbonyl (C=O) groups excluding carboxylic acids is 1. The summed E-state index contributed by atoms with van der Waals surface area (Å²) in [5.41, 5.74) is 1.28. The maximum atomic E-state index is 12.7. The maximum absolute atomic E-state index is 12.7. The molecule has 1 aromatic carbocycles. The SMILES string of the molecule is CCc1cccc(OC2CN(C(=O)[C@H](CC)N3CCOCC3)C2)c1. The van der Waals surface area contributed by atoms with Crippen molar-refractivity contribution in [3.8, 4) is 5.75 Å². The maximum Gasteiger partial charge on any atom is 0.240 e. The number of nitrogens with zero attached hydrogens (tertiary/aromatic N) is 2. The van der Waals surface area contributed by atoms with Crippen LogP contribution in [0.1, 0.15) is 25.8 Å². The molecular weight excluding hydrogens is 304 g/mol. The molecule has 1 aromatic rings. The smallest absolute Gasteiger partial charge is 0.240 e. The van der Waals surface area contributed by atoms with E-state index in [0.29, 0.717) is 13.1 Å². The fraction of sp³-hybridized carbons (Fsp3) is 0.632. The van der Waals surface area contributed by atoms with Crippen LogP contribution in [0, 0.1) is 0 Å². The molecule has 0 saturated carbocycles. The lowest BCUT2D eigenvalue weighted by atomic mass is 10.1. The lowest BCUT2D eigenvalue weighted by molar-refractivity contribution is -0.147. The highest BCUT2D eigenvalue weighted by molar-refractivity contribution is 5.82. The highest BCUT2D eigenvalue weighted by atomic mass is 16.5. The van der Waals surface area contributed by atoms with Crippen LogP contribution in [0.3, 0.4) is 0 Å². The quantitative estimate of drug-likeness (QED) is 0.798. The molecule has 2 aliphatic rings. The predicted molar refractivity (Wildman–Crippen MR) is 93.3 cm³/mol. The number of benzene rings is 1. The van der Waals surface area contributed by atoms with E-state index in [4.69, 9.17) is 9.47 Å². The molecule has 0 bridgehead atoms. The van der Waals surface area contributed by atoms with Crippen LogP contribution in [0.2, 0.25) is 0 Å². The Morgan fingerprint density at radius 1 is 1.29 bits per heavy atom. The van der Waals surface area contributed by atoms with E-state index in [0.717, 1.165) is 44.9 Å². The Morgan fingerprint density at radius 2 is 2.04 bits per heavy atom. The molecule has 2 saturated heterocycles. The molecule has 0 N–H and O–H groups in total. The van der Waals surface area contributed by atoms with Gasteiger partial charge in [0, 0.05) is 13.1 Å². The Hall–Kier alpha value is -1.59. The van der Waals surface area contributed by atoms with Crippen molar-refractivity contribution in [2.45, 2.75) is 38.8 Å². The first-order chi connectivity index (χ1) is 11.7. The molecule has 24 heavy (non-hydrogen) atoms. The van der Waals surface area contributed by atoms with Gasteiger partial charge < -0.3 is 14.4 Å². The highest BCUT2D eigenvalue weighted by Crippen LogP contribution is 2.22. The van der Waals surface area contributed by atoms with Gasteiger partial charge >= 0.3 is 0 Å². The number of likely N-dealkylation sites (tertiary alicyclic amines) is 1. The lowest BCUT2D eigenvalue weighted by Gasteiger charge is -2.43. The van der Waals surface area contributed by atoms with Gasteiger partial charge in [-0.25, -0.2) is 0 Å². The van der Waals surface area contributed by atoms with Crippen molar-refractivity contribution in [3.63, 3.8) is 0 Å². The number of aryl methyl sites for hydroxylation is 1. The minimum absolute atomic E-state index is 0.0155. The average molecular weight is 332 g/mol. The Bertz CT molecular complexity index is 551. The van der Waals surface area contributed by atoms with Gasteiger partial charge in [0.1, 0.15) is 11.9 Å². The molecule has 1 amide bonds. The molecular formula is C19H28N2O3. The number of amides is 1. The predicted octanol–water partition coefficient (Wildman–Crippen LogP) is 1.95. The van der Waals surface area contributed by atoms with E-state index >= 15 is 0 Å². The van der Waals surface area contributed by atoms with E-state index in [1.165, 1.54) is 5.56 Å². The van der Waals surface area contributed by atoms with E-state index in [9.17, 15) is 4.79 Å². The second-order valence-corrected chi connectivity index (χ2v) is 6.56. The van der Waals surface area contributed by atoms with Crippen molar-refractivity contribution in [1.29, 1.82) is 0 Å². The van der Waals surface area contributed by atoms with Crippen molar-refractivity contribution in [2.24, 2.45) is 0 Å². The molecule has 2 aliphatic heterocycles. The summed E-state index contributed by atoms with van der Waals surface area (Å²) >= 11 is 0. The fourth-order valence-corrected chi connectivity index (χ4v) is 3.41. The molecule has 2 fully saturated rings. The molecule has 5 heteroatoms. The van der Waals surface area contributed by atoms with Crippen LogP contribution in [-0.4, -0.2) is 67.2 Å². The molecule has 0 radical (unpaired) electrons. The third kappa shape index (κ3) is 3.90. The zero-order chi connectivity index (χ0) is 16.9. The standard InChI is InChI=1S/C19H28N2O3/c1-3-15-6-5-7-16(12-15)24-17-13-21(14-17)19(22)18(4-2)20-8-10-23-11-9-20/h5-7,12,17-18H,3-4,8-11,13-14H2,1-2H3/t18-/m0/s1. The molecule has 0 aromatic heterocycles. The largest absolute Gasteiger partial charge is 0.487 e. The number of rotatable bonds is 6. The second kappa shape index (κ2) is 7.99. The van der Waals surface area contributed by atoms with E-state index in [-0.39, 0.29) is 18.1 Å². The summed E-state index contributed by atoms with van der Waals surface area (Å²) in [5, 5.41) is 0. The van der Waals surface area contributed by atoms with Gasteiger partial charge in [0.25, 0.3) is 0 Å². The minimum atomic E-state index is -0.0155. The van der Waals surface area contributed by atoms with Crippen molar-refractivity contribution in [1.82, 2.24) is 9.80 Å². The molecule has 132 valence electrons. The van der Waals surface area contributed by atoms with Crippen LogP contribution in [0.4, 0.5) is 0 Å². The number of carbonyl (C=O) groups is 1. The first-order valence-electron chi connectivity index (χ1n) is 9.07. The van der Waals surface area contributed by atoms with Gasteiger partial charge in [-0.2, -0.15) is 0 Å². The van der Waals surface area contributed by atoms with E-state index in [1.54, 1.807) is 0 Å². The van der Waals surface area contributed by atoms with Crippen LogP contribution in [-0.2, 0) is 16.0 Å². The highest BCUT2D eigenvalue weighted by Gasteiger charge is 2.37. The number of ether oxygens (including phenoxy) is 2. The van der Waals surface area contributed by atoms with Crippen LogP contribution in [0.15, 0.2) is 24.3 Å². The van der Waals surface area contributed by atoms with E-state index < -0.39 is 0 Å². The third-order valence-electron chi connectivity index (χ3n) is 4.93. The van der Waals surface area contributed by atoms with Gasteiger partial charge in [-0.15, -0.1) is 0 Å². The van der Waals surface area contributed by atoms with Crippen LogP contribution >= 0.6 is 0 Å². The van der Waals surface area contributed by atoms with Gasteiger partial charge in [-0.05, 0) is 30.5 Å². The molecule has 5 nitrogen and oxygen atoms in total. The Morgan fingerprint density at radius 3 is 2.71 bits per heavy atom. The normalized spacial score (nSPS) is 20.5. The monoisotopic (exact) mass is 332 g/mol. The molecule has 0 unspecified atom stereocenters. The first-order valence-corrected chi connectivity index (χ1v) is 9.07. The lowest BCUT2D eigenvalue weighted by Crippen LogP contribution is -2.61. The van der Waals surface area contributed by atoms with Crippen molar-refractivity contribution >= 4 is 5.91 Å². The number of hydrogen-bond donors (Lipinski definition) is 0. The summed E-state index contributed by atoms with van der Waals surface area (Å²) in [6.07, 6.45) is 1.96. The van der Waals surface area contributed by atoms with Gasteiger partial charge in [0.15, 0.2) is 0 Å². The third-order valence-corrected chi connectivity index (χ3v) is 4.93. The Balaban J connectivity index is 1.50. The minimum Gasteiger partial charge on any atom is -0.487 e.